The van der Waals surface area contributed by atoms with Gasteiger partial charge in [0.15, 0.2) is 6.10 Å². The second-order valence-electron chi connectivity index (χ2n) is 7.18. The summed E-state index contributed by atoms with van der Waals surface area (Å²) in [6.07, 6.45) is -0.577. The van der Waals surface area contributed by atoms with Gasteiger partial charge in [0.05, 0.1) is 12.2 Å². The lowest BCUT2D eigenvalue weighted by Gasteiger charge is -2.19. The van der Waals surface area contributed by atoms with Crippen LogP contribution in [0.5, 0.6) is 5.75 Å². The van der Waals surface area contributed by atoms with E-state index in [9.17, 15) is 4.79 Å². The van der Waals surface area contributed by atoms with E-state index >= 15 is 0 Å². The summed E-state index contributed by atoms with van der Waals surface area (Å²) in [6, 6.07) is 16.2. The normalized spacial score (nSPS) is 12.0. The molecule has 4 nitrogen and oxygen atoms in total. The van der Waals surface area contributed by atoms with E-state index in [-0.39, 0.29) is 5.91 Å². The third-order valence-corrected chi connectivity index (χ3v) is 5.42. The summed E-state index contributed by atoms with van der Waals surface area (Å²) in [4.78, 5) is 17.1. The first-order valence-corrected chi connectivity index (χ1v) is 10.4. The Labute approximate surface area is 170 Å². The van der Waals surface area contributed by atoms with Crippen LogP contribution in [0, 0.1) is 6.92 Å². The van der Waals surface area contributed by atoms with Crippen molar-refractivity contribution in [1.82, 2.24) is 10.3 Å². The highest BCUT2D eigenvalue weighted by atomic mass is 32.1. The average molecular weight is 395 g/mol. The molecule has 1 N–H and O–H groups in total. The highest BCUT2D eigenvalue weighted by molar-refractivity contribution is 7.13. The molecule has 0 saturated carbocycles. The molecule has 0 saturated heterocycles. The number of benzene rings is 2. The molecule has 1 heterocycles. The van der Waals surface area contributed by atoms with Gasteiger partial charge < -0.3 is 10.1 Å². The Morgan fingerprint density at radius 3 is 2.61 bits per heavy atom. The third-order valence-electron chi connectivity index (χ3n) is 4.48. The molecule has 3 aromatic rings. The molecule has 0 aliphatic heterocycles. The summed E-state index contributed by atoms with van der Waals surface area (Å²) in [5.74, 6) is 0.959. The molecule has 0 bridgehead atoms. The van der Waals surface area contributed by atoms with Crippen LogP contribution in [0.2, 0.25) is 0 Å². The number of hydrogen-bond acceptors (Lipinski definition) is 4. The number of rotatable bonds is 7. The van der Waals surface area contributed by atoms with E-state index < -0.39 is 6.10 Å². The molecule has 0 aliphatic carbocycles. The van der Waals surface area contributed by atoms with Gasteiger partial charge in [0.25, 0.3) is 5.91 Å². The molecule has 3 rings (SSSR count). The van der Waals surface area contributed by atoms with Crippen LogP contribution in [-0.2, 0) is 11.3 Å². The Morgan fingerprint density at radius 1 is 1.14 bits per heavy atom. The molecule has 146 valence electrons. The van der Waals surface area contributed by atoms with Crippen molar-refractivity contribution in [2.24, 2.45) is 0 Å². The van der Waals surface area contributed by atoms with Crippen molar-refractivity contribution in [2.75, 3.05) is 0 Å². The molecule has 5 heteroatoms. The molecular weight excluding hydrogens is 368 g/mol. The zero-order chi connectivity index (χ0) is 20.1. The van der Waals surface area contributed by atoms with Crippen LogP contribution in [0.15, 0.2) is 53.9 Å². The fourth-order valence-electron chi connectivity index (χ4n) is 2.89. The molecular formula is C23H26N2O2S. The summed E-state index contributed by atoms with van der Waals surface area (Å²) in [5, 5.41) is 5.86. The summed E-state index contributed by atoms with van der Waals surface area (Å²) < 4.78 is 5.98. The number of carbonyl (C=O) groups is 1. The maximum atomic E-state index is 12.5. The van der Waals surface area contributed by atoms with Crippen LogP contribution in [0.25, 0.3) is 10.6 Å². The van der Waals surface area contributed by atoms with E-state index in [1.165, 1.54) is 0 Å². The zero-order valence-electron chi connectivity index (χ0n) is 16.7. The minimum atomic E-state index is -0.577. The van der Waals surface area contributed by atoms with Gasteiger partial charge in [-0.1, -0.05) is 56.3 Å². The lowest BCUT2D eigenvalue weighted by molar-refractivity contribution is -0.127. The maximum absolute atomic E-state index is 12.5. The number of nitrogens with one attached hydrogen (secondary N) is 1. The van der Waals surface area contributed by atoms with Gasteiger partial charge >= 0.3 is 0 Å². The fraction of sp³-hybridized carbons (Fsp3) is 0.304. The monoisotopic (exact) mass is 394 g/mol. The van der Waals surface area contributed by atoms with Crippen molar-refractivity contribution in [3.63, 3.8) is 0 Å². The SMILES string of the molecule is Cc1ccc(C(C)C)c(O[C@@H](C)C(=O)NCc2csc(-c3ccccc3)n2)c1. The van der Waals surface area contributed by atoms with Gasteiger partial charge in [-0.05, 0) is 37.0 Å². The minimum Gasteiger partial charge on any atom is -0.481 e. The molecule has 1 aromatic heterocycles. The first kappa shape index (κ1) is 20.1. The van der Waals surface area contributed by atoms with Crippen molar-refractivity contribution in [1.29, 1.82) is 0 Å². The van der Waals surface area contributed by atoms with Crippen molar-refractivity contribution in [2.45, 2.75) is 46.3 Å². The van der Waals surface area contributed by atoms with Crippen LogP contribution in [-0.4, -0.2) is 17.0 Å². The lowest BCUT2D eigenvalue weighted by Crippen LogP contribution is -2.36. The smallest absolute Gasteiger partial charge is 0.261 e. The molecule has 1 amide bonds. The van der Waals surface area contributed by atoms with E-state index in [1.54, 1.807) is 18.3 Å². The summed E-state index contributed by atoms with van der Waals surface area (Å²) in [7, 11) is 0. The zero-order valence-corrected chi connectivity index (χ0v) is 17.5. The van der Waals surface area contributed by atoms with E-state index in [4.69, 9.17) is 4.74 Å². The second-order valence-corrected chi connectivity index (χ2v) is 8.04. The Morgan fingerprint density at radius 2 is 1.89 bits per heavy atom. The second kappa shape index (κ2) is 9.02. The fourth-order valence-corrected chi connectivity index (χ4v) is 3.71. The van der Waals surface area contributed by atoms with Gasteiger partial charge in [-0.3, -0.25) is 4.79 Å². The van der Waals surface area contributed by atoms with E-state index in [0.29, 0.717) is 12.5 Å². The van der Waals surface area contributed by atoms with E-state index in [0.717, 1.165) is 33.1 Å². The van der Waals surface area contributed by atoms with Gasteiger partial charge in [0.2, 0.25) is 0 Å². The Kier molecular flexibility index (Phi) is 6.47. The van der Waals surface area contributed by atoms with Crippen LogP contribution >= 0.6 is 11.3 Å². The van der Waals surface area contributed by atoms with Gasteiger partial charge in [0, 0.05) is 10.9 Å². The average Bonchev–Trinajstić information content (AvgIpc) is 3.15. The number of nitrogens with zero attached hydrogens (tertiary/aromatic N) is 1. The van der Waals surface area contributed by atoms with Crippen LogP contribution in [0.1, 0.15) is 43.5 Å². The van der Waals surface area contributed by atoms with Crippen molar-refractivity contribution in [3.8, 4) is 16.3 Å². The highest BCUT2D eigenvalue weighted by Gasteiger charge is 2.18. The molecule has 28 heavy (non-hydrogen) atoms. The van der Waals surface area contributed by atoms with Crippen molar-refractivity contribution >= 4 is 17.2 Å². The molecule has 2 aromatic carbocycles. The number of carbonyl (C=O) groups excluding carboxylic acids is 1. The molecule has 0 radical (unpaired) electrons. The minimum absolute atomic E-state index is 0.148. The number of amides is 1. The number of aryl methyl sites for hydroxylation is 1. The van der Waals surface area contributed by atoms with E-state index in [2.05, 4.69) is 36.3 Å². The number of aromatic nitrogens is 1. The first-order chi connectivity index (χ1) is 13.4. The van der Waals surface area contributed by atoms with Gasteiger partial charge in [-0.2, -0.15) is 0 Å². The first-order valence-electron chi connectivity index (χ1n) is 9.48. The number of ether oxygens (including phenoxy) is 1. The van der Waals surface area contributed by atoms with Gasteiger partial charge in [-0.25, -0.2) is 4.98 Å². The largest absolute Gasteiger partial charge is 0.481 e. The topological polar surface area (TPSA) is 51.2 Å². The molecule has 0 fully saturated rings. The Hall–Kier alpha value is -2.66. The highest BCUT2D eigenvalue weighted by Crippen LogP contribution is 2.28. The Balaban J connectivity index is 1.60. The molecule has 0 spiro atoms. The summed E-state index contributed by atoms with van der Waals surface area (Å²) >= 11 is 1.58. The molecule has 0 aliphatic rings. The quantitative estimate of drug-likeness (QED) is 0.589. The lowest BCUT2D eigenvalue weighted by atomic mass is 10.0. The predicted octanol–water partition coefficient (Wildman–Crippen LogP) is 5.33. The predicted molar refractivity (Wildman–Crippen MR) is 115 cm³/mol. The standard InChI is InChI=1S/C23H26N2O2S/c1-15(2)20-11-10-16(3)12-21(20)27-17(4)22(26)24-13-19-14-28-23(25-19)18-8-6-5-7-9-18/h5-12,14-15,17H,13H2,1-4H3,(H,24,26)/t17-/m0/s1. The number of thiazole rings is 1. The third kappa shape index (κ3) is 4.98. The van der Waals surface area contributed by atoms with Gasteiger partial charge in [0.1, 0.15) is 10.8 Å². The van der Waals surface area contributed by atoms with E-state index in [1.807, 2.05) is 48.7 Å². The van der Waals surface area contributed by atoms with Crippen molar-refractivity contribution < 1.29 is 9.53 Å². The van der Waals surface area contributed by atoms with Crippen LogP contribution < -0.4 is 10.1 Å². The van der Waals surface area contributed by atoms with Crippen LogP contribution in [0.3, 0.4) is 0 Å². The maximum Gasteiger partial charge on any atom is 0.261 e. The molecule has 1 atom stereocenters. The summed E-state index contributed by atoms with van der Waals surface area (Å²) in [6.45, 7) is 8.43. The summed E-state index contributed by atoms with van der Waals surface area (Å²) in [5.41, 5.74) is 4.16. The van der Waals surface area contributed by atoms with Crippen LogP contribution in [0.4, 0.5) is 0 Å². The van der Waals surface area contributed by atoms with Crippen molar-refractivity contribution in [3.05, 3.63) is 70.7 Å². The van der Waals surface area contributed by atoms with Gasteiger partial charge in [-0.15, -0.1) is 11.3 Å². The Bertz CT molecular complexity index is 935. The number of hydrogen-bond donors (Lipinski definition) is 1. The molecule has 0 unspecified atom stereocenters.